The third-order valence-electron chi connectivity index (χ3n) is 5.80. The number of nitrogens with zero attached hydrogens (tertiary/aromatic N) is 3. The van der Waals surface area contributed by atoms with E-state index < -0.39 is 0 Å². The van der Waals surface area contributed by atoms with E-state index in [4.69, 9.17) is 16.6 Å². The van der Waals surface area contributed by atoms with Gasteiger partial charge in [0, 0.05) is 23.8 Å². The Morgan fingerprint density at radius 1 is 1.12 bits per heavy atom. The number of hydrogen-bond donors (Lipinski definition) is 0. The van der Waals surface area contributed by atoms with Gasteiger partial charge in [-0.3, -0.25) is 14.2 Å². The van der Waals surface area contributed by atoms with Crippen LogP contribution >= 0.6 is 34.7 Å². The summed E-state index contributed by atoms with van der Waals surface area (Å²) in [6.45, 7) is 1.21. The van der Waals surface area contributed by atoms with Crippen LogP contribution in [0.15, 0.2) is 69.9 Å². The number of thiophene rings is 1. The van der Waals surface area contributed by atoms with Gasteiger partial charge in [0.1, 0.15) is 4.70 Å². The fraction of sp³-hybridized carbons (Fsp3) is 0.240. The zero-order valence-electron chi connectivity index (χ0n) is 17.9. The number of carbonyl (C=O) groups excluding carboxylic acids is 1. The number of fused-ring (bicyclic) bond motifs is 2. The molecular formula is C25H22ClN3O2S2. The fourth-order valence-electron chi connectivity index (χ4n) is 4.12. The van der Waals surface area contributed by atoms with E-state index in [1.807, 2.05) is 58.8 Å². The van der Waals surface area contributed by atoms with Gasteiger partial charge >= 0.3 is 0 Å². The van der Waals surface area contributed by atoms with Crippen molar-refractivity contribution in [3.63, 3.8) is 0 Å². The number of amides is 1. The van der Waals surface area contributed by atoms with E-state index in [1.54, 1.807) is 4.57 Å². The first-order chi connectivity index (χ1) is 16.1. The van der Waals surface area contributed by atoms with Gasteiger partial charge < -0.3 is 4.90 Å². The number of anilines is 1. The Labute approximate surface area is 205 Å². The van der Waals surface area contributed by atoms with E-state index in [1.165, 1.54) is 28.7 Å². The van der Waals surface area contributed by atoms with Crippen molar-refractivity contribution in [1.82, 2.24) is 9.55 Å². The highest BCUT2D eigenvalue weighted by Crippen LogP contribution is 2.28. The molecule has 2 aromatic heterocycles. The van der Waals surface area contributed by atoms with Gasteiger partial charge in [0.05, 0.1) is 11.3 Å². The van der Waals surface area contributed by atoms with Crippen molar-refractivity contribution in [2.75, 3.05) is 17.2 Å². The highest BCUT2D eigenvalue weighted by Gasteiger charge is 2.23. The minimum Gasteiger partial charge on any atom is -0.311 e. The number of aromatic nitrogens is 2. The second-order valence-corrected chi connectivity index (χ2v) is 10.2. The zero-order valence-corrected chi connectivity index (χ0v) is 20.3. The quantitative estimate of drug-likeness (QED) is 0.264. The third-order valence-corrected chi connectivity index (χ3v) is 7.91. The van der Waals surface area contributed by atoms with Crippen molar-refractivity contribution < 1.29 is 4.79 Å². The second-order valence-electron chi connectivity index (χ2n) is 7.93. The molecule has 0 fully saturated rings. The summed E-state index contributed by atoms with van der Waals surface area (Å²) in [7, 11) is 0. The molecule has 8 heteroatoms. The predicted molar refractivity (Wildman–Crippen MR) is 137 cm³/mol. The first-order valence-electron chi connectivity index (χ1n) is 10.8. The zero-order chi connectivity index (χ0) is 22.8. The van der Waals surface area contributed by atoms with Gasteiger partial charge in [0.25, 0.3) is 5.56 Å². The van der Waals surface area contributed by atoms with E-state index >= 15 is 0 Å². The van der Waals surface area contributed by atoms with Gasteiger partial charge in [0.2, 0.25) is 5.91 Å². The number of carbonyl (C=O) groups is 1. The van der Waals surface area contributed by atoms with Crippen molar-refractivity contribution in [2.45, 2.75) is 31.0 Å². The summed E-state index contributed by atoms with van der Waals surface area (Å²) in [6.07, 6.45) is 2.63. The van der Waals surface area contributed by atoms with Crippen LogP contribution < -0.4 is 10.5 Å². The summed E-state index contributed by atoms with van der Waals surface area (Å²) < 4.78 is 2.35. The van der Waals surface area contributed by atoms with Crippen LogP contribution in [0.5, 0.6) is 0 Å². The molecular weight excluding hydrogens is 474 g/mol. The van der Waals surface area contributed by atoms with E-state index in [2.05, 4.69) is 6.07 Å². The van der Waals surface area contributed by atoms with Crippen molar-refractivity contribution in [3.05, 3.63) is 86.5 Å². The summed E-state index contributed by atoms with van der Waals surface area (Å²) in [5.74, 6) is 0.272. The van der Waals surface area contributed by atoms with E-state index in [0.29, 0.717) is 33.4 Å². The number of aryl methyl sites for hydroxylation is 2. The Kier molecular flexibility index (Phi) is 6.53. The maximum atomic E-state index is 13.2. The molecule has 0 N–H and O–H groups in total. The molecule has 33 heavy (non-hydrogen) atoms. The maximum Gasteiger partial charge on any atom is 0.272 e. The van der Waals surface area contributed by atoms with Crippen molar-refractivity contribution in [2.24, 2.45) is 0 Å². The molecule has 1 aliphatic rings. The molecule has 1 amide bonds. The Balaban J connectivity index is 1.38. The molecule has 0 unspecified atom stereocenters. The number of hydrogen-bond acceptors (Lipinski definition) is 5. The Bertz CT molecular complexity index is 1360. The normalized spacial score (nSPS) is 13.3. The molecule has 0 bridgehead atoms. The summed E-state index contributed by atoms with van der Waals surface area (Å²) in [5, 5.41) is 3.15. The van der Waals surface area contributed by atoms with Crippen LogP contribution in [0.3, 0.4) is 0 Å². The van der Waals surface area contributed by atoms with E-state index in [9.17, 15) is 9.59 Å². The summed E-state index contributed by atoms with van der Waals surface area (Å²) in [5.41, 5.74) is 3.93. The van der Waals surface area contributed by atoms with Crippen LogP contribution in [0.2, 0.25) is 5.02 Å². The van der Waals surface area contributed by atoms with Gasteiger partial charge in [-0.1, -0.05) is 53.7 Å². The SMILES string of the molecule is O=C(CSc1nc2ccsc2c(=O)n1CCc1ccc(Cl)cc1)N1CCCc2ccccc21. The van der Waals surface area contributed by atoms with Crippen molar-refractivity contribution in [3.8, 4) is 0 Å². The highest BCUT2D eigenvalue weighted by atomic mass is 35.5. The lowest BCUT2D eigenvalue weighted by Crippen LogP contribution is -2.36. The van der Waals surface area contributed by atoms with E-state index in [0.717, 1.165) is 30.6 Å². The molecule has 5 nitrogen and oxygen atoms in total. The number of rotatable bonds is 6. The molecule has 0 spiro atoms. The molecule has 3 heterocycles. The molecule has 5 rings (SSSR count). The first kappa shape index (κ1) is 22.2. The predicted octanol–water partition coefficient (Wildman–Crippen LogP) is 5.43. The minimum absolute atomic E-state index is 0.0380. The van der Waals surface area contributed by atoms with Crippen LogP contribution in [-0.2, 0) is 24.2 Å². The lowest BCUT2D eigenvalue weighted by atomic mass is 10.0. The Morgan fingerprint density at radius 3 is 2.79 bits per heavy atom. The lowest BCUT2D eigenvalue weighted by molar-refractivity contribution is -0.116. The first-order valence-corrected chi connectivity index (χ1v) is 13.1. The highest BCUT2D eigenvalue weighted by molar-refractivity contribution is 7.99. The Hall–Kier alpha value is -2.61. The topological polar surface area (TPSA) is 55.2 Å². The summed E-state index contributed by atoms with van der Waals surface area (Å²) >= 11 is 8.74. The van der Waals surface area contributed by atoms with Crippen LogP contribution in [0.1, 0.15) is 17.5 Å². The number of para-hydroxylation sites is 1. The average molecular weight is 496 g/mol. The average Bonchev–Trinajstić information content (AvgIpc) is 3.32. The van der Waals surface area contributed by atoms with Gasteiger partial charge in [-0.25, -0.2) is 4.98 Å². The number of thioether (sulfide) groups is 1. The molecule has 0 radical (unpaired) electrons. The molecule has 168 valence electrons. The van der Waals surface area contributed by atoms with Gasteiger partial charge in [0.15, 0.2) is 5.16 Å². The molecule has 0 saturated carbocycles. The van der Waals surface area contributed by atoms with Crippen molar-refractivity contribution in [1.29, 1.82) is 0 Å². The molecule has 2 aromatic carbocycles. The molecule has 0 saturated heterocycles. The molecule has 1 aliphatic heterocycles. The lowest BCUT2D eigenvalue weighted by Gasteiger charge is -2.29. The van der Waals surface area contributed by atoms with E-state index in [-0.39, 0.29) is 17.2 Å². The minimum atomic E-state index is -0.0535. The van der Waals surface area contributed by atoms with Crippen LogP contribution in [0.4, 0.5) is 5.69 Å². The molecule has 4 aromatic rings. The monoisotopic (exact) mass is 495 g/mol. The summed E-state index contributed by atoms with van der Waals surface area (Å²) in [4.78, 5) is 32.9. The maximum absolute atomic E-state index is 13.2. The van der Waals surface area contributed by atoms with Crippen molar-refractivity contribution >= 4 is 56.5 Å². The van der Waals surface area contributed by atoms with Gasteiger partial charge in [-0.2, -0.15) is 0 Å². The fourth-order valence-corrected chi connectivity index (χ4v) is 5.93. The standard InChI is InChI=1S/C25H22ClN3O2S2/c26-19-9-7-17(8-10-19)11-14-29-24(31)23-20(12-15-32-23)27-25(29)33-16-22(30)28-13-3-5-18-4-1-2-6-21(18)28/h1-2,4,6-10,12,15H,3,5,11,13-14,16H2. The van der Waals surface area contributed by atoms with Crippen LogP contribution in [-0.4, -0.2) is 27.8 Å². The third kappa shape index (κ3) is 4.71. The van der Waals surface area contributed by atoms with Gasteiger partial charge in [-0.15, -0.1) is 11.3 Å². The van der Waals surface area contributed by atoms with Gasteiger partial charge in [-0.05, 0) is 60.0 Å². The largest absolute Gasteiger partial charge is 0.311 e. The number of halogens is 1. The molecule has 0 atom stereocenters. The Morgan fingerprint density at radius 2 is 1.94 bits per heavy atom. The second kappa shape index (κ2) is 9.71. The van der Waals surface area contributed by atoms with Crippen LogP contribution in [0, 0.1) is 0 Å². The van der Waals surface area contributed by atoms with Crippen LogP contribution in [0.25, 0.3) is 10.2 Å². The summed E-state index contributed by atoms with van der Waals surface area (Å²) in [6, 6.07) is 17.6. The number of benzene rings is 2. The molecule has 0 aliphatic carbocycles. The smallest absolute Gasteiger partial charge is 0.272 e.